The third kappa shape index (κ3) is 6.66. The molecule has 0 aromatic heterocycles. The van der Waals surface area contributed by atoms with Gasteiger partial charge in [0.1, 0.15) is 0 Å². The minimum absolute atomic E-state index is 0.345. The van der Waals surface area contributed by atoms with Crippen molar-refractivity contribution < 1.29 is 0 Å². The lowest BCUT2D eigenvalue weighted by molar-refractivity contribution is 0.342. The minimum Gasteiger partial charge on any atom is -0.341 e. The summed E-state index contributed by atoms with van der Waals surface area (Å²) in [4.78, 5) is 2.33. The van der Waals surface area contributed by atoms with E-state index in [0.717, 1.165) is 27.9 Å². The lowest BCUT2D eigenvalue weighted by atomic mass is 9.86. The van der Waals surface area contributed by atoms with E-state index >= 15 is 0 Å². The molecule has 0 amide bonds. The van der Waals surface area contributed by atoms with Crippen molar-refractivity contribution in [2.75, 3.05) is 0 Å². The SMILES string of the molecule is C=C[C@H]1C(CCC2C=CCCC2I)C=CN1C(=C)/C=C(/CC)CCC(C)C. The number of halogens is 1. The van der Waals surface area contributed by atoms with E-state index in [1.165, 1.54) is 44.1 Å². The number of hydrogen-bond acceptors (Lipinski definition) is 1. The molecular weight excluding hydrogens is 441 g/mol. The van der Waals surface area contributed by atoms with E-state index in [1.54, 1.807) is 0 Å². The summed E-state index contributed by atoms with van der Waals surface area (Å²) in [6, 6.07) is 0.345. The monoisotopic (exact) mass is 479 g/mol. The van der Waals surface area contributed by atoms with Gasteiger partial charge in [-0.05, 0) is 62.9 Å². The van der Waals surface area contributed by atoms with Gasteiger partial charge in [0.2, 0.25) is 0 Å². The Labute approximate surface area is 181 Å². The van der Waals surface area contributed by atoms with Gasteiger partial charge in [0.15, 0.2) is 0 Å². The lowest BCUT2D eigenvalue weighted by Gasteiger charge is -2.29. The summed E-state index contributed by atoms with van der Waals surface area (Å²) in [6.45, 7) is 15.4. The Morgan fingerprint density at radius 1 is 1.26 bits per heavy atom. The third-order valence-corrected chi connectivity index (χ3v) is 7.53. The molecule has 0 saturated carbocycles. The van der Waals surface area contributed by atoms with Crippen LogP contribution in [-0.4, -0.2) is 14.9 Å². The quantitative estimate of drug-likeness (QED) is 0.134. The summed E-state index contributed by atoms with van der Waals surface area (Å²) in [5.41, 5.74) is 2.62. The van der Waals surface area contributed by atoms with Crippen LogP contribution in [0.3, 0.4) is 0 Å². The summed E-state index contributed by atoms with van der Waals surface area (Å²) < 4.78 is 0.794. The first kappa shape index (κ1) is 22.5. The van der Waals surface area contributed by atoms with Crippen molar-refractivity contribution in [3.05, 3.63) is 61.0 Å². The van der Waals surface area contributed by atoms with Gasteiger partial charge in [0.25, 0.3) is 0 Å². The van der Waals surface area contributed by atoms with Gasteiger partial charge < -0.3 is 4.90 Å². The van der Waals surface area contributed by atoms with Gasteiger partial charge in [-0.15, -0.1) is 6.58 Å². The van der Waals surface area contributed by atoms with Crippen LogP contribution in [0.1, 0.15) is 65.7 Å². The molecule has 1 heterocycles. The highest BCUT2D eigenvalue weighted by Crippen LogP contribution is 2.35. The minimum atomic E-state index is 0.345. The highest BCUT2D eigenvalue weighted by atomic mass is 127. The fourth-order valence-corrected chi connectivity index (χ4v) is 5.08. The molecule has 0 radical (unpaired) electrons. The molecule has 0 aromatic carbocycles. The van der Waals surface area contributed by atoms with Crippen LogP contribution in [0.25, 0.3) is 0 Å². The number of nitrogens with zero attached hydrogens (tertiary/aromatic N) is 1. The molecule has 2 aliphatic rings. The number of rotatable bonds is 10. The zero-order chi connectivity index (χ0) is 19.8. The van der Waals surface area contributed by atoms with Gasteiger partial charge in [-0.2, -0.15) is 0 Å². The summed E-state index contributed by atoms with van der Waals surface area (Å²) in [6.07, 6.45) is 22.5. The maximum Gasteiger partial charge on any atom is 0.0576 e. The standard InChI is InChI=1S/C25H38IN/c1-6-21(13-12-19(3)4)18-20(5)27-17-16-23(25(27)7-2)15-14-22-10-8-9-11-24(22)26/h7-8,10,16-19,22-25H,2,5-6,9,11-15H2,1,3-4H3/b21-18-/t22?,23?,24?,25-/m0/s1. The van der Waals surface area contributed by atoms with Crippen molar-refractivity contribution in [3.63, 3.8) is 0 Å². The van der Waals surface area contributed by atoms with Crippen molar-refractivity contribution in [1.29, 1.82) is 0 Å². The van der Waals surface area contributed by atoms with Crippen molar-refractivity contribution in [2.24, 2.45) is 17.8 Å². The molecule has 0 aromatic rings. The van der Waals surface area contributed by atoms with Gasteiger partial charge in [0, 0.05) is 21.7 Å². The van der Waals surface area contributed by atoms with Crippen LogP contribution >= 0.6 is 22.6 Å². The first-order chi connectivity index (χ1) is 13.0. The van der Waals surface area contributed by atoms with Crippen LogP contribution in [0.2, 0.25) is 0 Å². The first-order valence-electron chi connectivity index (χ1n) is 10.7. The number of hydrogen-bond donors (Lipinski definition) is 0. The second-order valence-electron chi connectivity index (χ2n) is 8.48. The summed E-state index contributed by atoms with van der Waals surface area (Å²) in [5.74, 6) is 2.03. The van der Waals surface area contributed by atoms with Crippen molar-refractivity contribution in [3.8, 4) is 0 Å². The molecule has 4 atom stereocenters. The average molecular weight is 479 g/mol. The molecule has 0 bridgehead atoms. The molecule has 1 aliphatic carbocycles. The van der Waals surface area contributed by atoms with Crippen LogP contribution in [0, 0.1) is 17.8 Å². The van der Waals surface area contributed by atoms with Gasteiger partial charge >= 0.3 is 0 Å². The Balaban J connectivity index is 1.95. The Morgan fingerprint density at radius 2 is 2.00 bits per heavy atom. The van der Waals surface area contributed by atoms with Crippen LogP contribution in [0.15, 0.2) is 61.0 Å². The smallest absolute Gasteiger partial charge is 0.0576 e. The second-order valence-corrected chi connectivity index (χ2v) is 10.1. The second kappa shape index (κ2) is 11.3. The maximum atomic E-state index is 4.38. The third-order valence-electron chi connectivity index (χ3n) is 5.98. The van der Waals surface area contributed by atoms with Crippen LogP contribution in [0.5, 0.6) is 0 Å². The van der Waals surface area contributed by atoms with Gasteiger partial charge in [-0.1, -0.05) is 79.8 Å². The highest BCUT2D eigenvalue weighted by molar-refractivity contribution is 14.1. The van der Waals surface area contributed by atoms with E-state index in [1.807, 2.05) is 0 Å². The summed E-state index contributed by atoms with van der Waals surface area (Å²) in [7, 11) is 0. The van der Waals surface area contributed by atoms with E-state index < -0.39 is 0 Å². The van der Waals surface area contributed by atoms with E-state index in [-0.39, 0.29) is 0 Å². The zero-order valence-electron chi connectivity index (χ0n) is 17.5. The fraction of sp³-hybridized carbons (Fsp3) is 0.600. The highest BCUT2D eigenvalue weighted by Gasteiger charge is 2.29. The van der Waals surface area contributed by atoms with Crippen LogP contribution < -0.4 is 0 Å². The maximum absolute atomic E-state index is 4.38. The predicted molar refractivity (Wildman–Crippen MR) is 129 cm³/mol. The Morgan fingerprint density at radius 3 is 2.63 bits per heavy atom. The largest absolute Gasteiger partial charge is 0.341 e. The van der Waals surface area contributed by atoms with E-state index in [2.05, 4.69) is 98.0 Å². The summed E-state index contributed by atoms with van der Waals surface area (Å²) >= 11 is 2.64. The predicted octanol–water partition coefficient (Wildman–Crippen LogP) is 7.82. The topological polar surface area (TPSA) is 3.24 Å². The van der Waals surface area contributed by atoms with E-state index in [0.29, 0.717) is 12.0 Å². The molecule has 0 saturated heterocycles. The summed E-state index contributed by atoms with van der Waals surface area (Å²) in [5, 5.41) is 0. The van der Waals surface area contributed by atoms with Gasteiger partial charge in [-0.3, -0.25) is 0 Å². The zero-order valence-corrected chi connectivity index (χ0v) is 19.7. The Hall–Kier alpha value is -0.770. The van der Waals surface area contributed by atoms with Crippen molar-refractivity contribution in [1.82, 2.24) is 4.90 Å². The fourth-order valence-electron chi connectivity index (χ4n) is 4.12. The van der Waals surface area contributed by atoms with E-state index in [9.17, 15) is 0 Å². The molecule has 1 aliphatic heterocycles. The normalized spacial score (nSPS) is 28.2. The Kier molecular flexibility index (Phi) is 9.41. The molecule has 2 heteroatoms. The molecule has 150 valence electrons. The lowest BCUT2D eigenvalue weighted by Crippen LogP contribution is -2.29. The molecule has 3 unspecified atom stereocenters. The van der Waals surface area contributed by atoms with Gasteiger partial charge in [0.05, 0.1) is 6.04 Å². The van der Waals surface area contributed by atoms with Crippen LogP contribution in [0.4, 0.5) is 0 Å². The van der Waals surface area contributed by atoms with E-state index in [4.69, 9.17) is 0 Å². The van der Waals surface area contributed by atoms with Crippen molar-refractivity contribution in [2.45, 2.75) is 75.7 Å². The molecule has 0 fully saturated rings. The molecule has 2 rings (SSSR count). The number of allylic oxidation sites excluding steroid dienone is 4. The van der Waals surface area contributed by atoms with Crippen LogP contribution in [-0.2, 0) is 0 Å². The average Bonchev–Trinajstić information content (AvgIpc) is 3.07. The Bertz CT molecular complexity index is 583. The van der Waals surface area contributed by atoms with Crippen molar-refractivity contribution >= 4 is 22.6 Å². The number of alkyl halides is 1. The van der Waals surface area contributed by atoms with Gasteiger partial charge in [-0.25, -0.2) is 0 Å². The molecule has 0 spiro atoms. The molecular formula is C25H38IN. The molecule has 27 heavy (non-hydrogen) atoms. The molecule has 0 N–H and O–H groups in total. The molecule has 1 nitrogen and oxygen atoms in total. The first-order valence-corrected chi connectivity index (χ1v) is 12.0.